The maximum Gasteiger partial charge on any atom is 0.275 e. The Labute approximate surface area is 129 Å². The van der Waals surface area contributed by atoms with E-state index in [9.17, 15) is 4.79 Å². The van der Waals surface area contributed by atoms with E-state index < -0.39 is 0 Å². The van der Waals surface area contributed by atoms with Crippen LogP contribution in [0.1, 0.15) is 59.8 Å². The van der Waals surface area contributed by atoms with Gasteiger partial charge in [0.25, 0.3) is 5.91 Å². The van der Waals surface area contributed by atoms with Crippen molar-refractivity contribution in [2.45, 2.75) is 65.3 Å². The summed E-state index contributed by atoms with van der Waals surface area (Å²) in [6.07, 6.45) is 6.53. The van der Waals surface area contributed by atoms with Crippen molar-refractivity contribution in [2.24, 2.45) is 23.2 Å². The molecule has 3 aliphatic rings. The summed E-state index contributed by atoms with van der Waals surface area (Å²) in [6.45, 7) is 12.4. The summed E-state index contributed by atoms with van der Waals surface area (Å²) in [6, 6.07) is 0. The molecule has 2 N–H and O–H groups in total. The lowest BCUT2D eigenvalue weighted by atomic mass is 9.64. The van der Waals surface area contributed by atoms with E-state index >= 15 is 0 Å². The first-order valence-corrected chi connectivity index (χ1v) is 8.97. The first-order valence-electron chi connectivity index (χ1n) is 8.97. The molecule has 2 saturated carbocycles. The second kappa shape index (κ2) is 5.26. The molecule has 1 amide bonds. The van der Waals surface area contributed by atoms with Crippen LogP contribution >= 0.6 is 0 Å². The molecule has 1 saturated heterocycles. The van der Waals surface area contributed by atoms with Crippen molar-refractivity contribution >= 4 is 5.91 Å². The van der Waals surface area contributed by atoms with Crippen LogP contribution in [0.15, 0.2) is 0 Å². The predicted octanol–water partition coefficient (Wildman–Crippen LogP) is 1.63. The van der Waals surface area contributed by atoms with Gasteiger partial charge in [-0.3, -0.25) is 4.79 Å². The van der Waals surface area contributed by atoms with Crippen molar-refractivity contribution in [2.75, 3.05) is 19.6 Å². The van der Waals surface area contributed by atoms with Gasteiger partial charge in [-0.15, -0.1) is 0 Å². The lowest BCUT2D eigenvalue weighted by Gasteiger charge is -2.48. The molecule has 21 heavy (non-hydrogen) atoms. The van der Waals surface area contributed by atoms with Crippen molar-refractivity contribution in [3.05, 3.63) is 0 Å². The van der Waals surface area contributed by atoms with Crippen LogP contribution in [-0.2, 0) is 4.79 Å². The van der Waals surface area contributed by atoms with Crippen molar-refractivity contribution in [1.82, 2.24) is 5.32 Å². The van der Waals surface area contributed by atoms with Gasteiger partial charge in [0.15, 0.2) is 6.54 Å². The Balaban J connectivity index is 1.59. The summed E-state index contributed by atoms with van der Waals surface area (Å²) in [5, 5.41) is 3.48. The van der Waals surface area contributed by atoms with Crippen molar-refractivity contribution in [3.63, 3.8) is 0 Å². The highest BCUT2D eigenvalue weighted by Crippen LogP contribution is 2.61. The number of carbonyl (C=O) groups is 1. The predicted molar refractivity (Wildman–Crippen MR) is 85.1 cm³/mol. The van der Waals surface area contributed by atoms with Gasteiger partial charge >= 0.3 is 0 Å². The summed E-state index contributed by atoms with van der Waals surface area (Å²) in [5.41, 5.74) is 0.257. The number of carbonyl (C=O) groups excluding carboxylic acids is 1. The molecule has 3 fully saturated rings. The molecule has 3 nitrogen and oxygen atoms in total. The molecule has 3 heteroatoms. The molecule has 0 radical (unpaired) electrons. The number of quaternary nitrogens is 1. The van der Waals surface area contributed by atoms with Gasteiger partial charge in [-0.1, -0.05) is 20.8 Å². The number of rotatable bonds is 3. The van der Waals surface area contributed by atoms with Crippen LogP contribution in [0.5, 0.6) is 0 Å². The van der Waals surface area contributed by atoms with Crippen LogP contribution in [0.2, 0.25) is 0 Å². The van der Waals surface area contributed by atoms with Gasteiger partial charge in [0.1, 0.15) is 0 Å². The average molecular weight is 293 g/mol. The van der Waals surface area contributed by atoms with E-state index in [1.54, 1.807) is 0 Å². The van der Waals surface area contributed by atoms with Gasteiger partial charge in [-0.05, 0) is 62.2 Å². The van der Waals surface area contributed by atoms with Crippen LogP contribution in [0.3, 0.4) is 0 Å². The highest BCUT2D eigenvalue weighted by molar-refractivity contribution is 5.78. The Bertz CT molecular complexity index is 411. The molecule has 0 aromatic carbocycles. The average Bonchev–Trinajstić information content (AvgIpc) is 2.96. The van der Waals surface area contributed by atoms with E-state index in [1.165, 1.54) is 50.1 Å². The largest absolute Gasteiger partial charge is 0.345 e. The molecular formula is C18H33N2O+. The number of nitrogens with one attached hydrogen (secondary N) is 2. The fourth-order valence-corrected chi connectivity index (χ4v) is 5.28. The maximum absolute atomic E-state index is 12.6. The Morgan fingerprint density at radius 2 is 1.71 bits per heavy atom. The lowest BCUT2D eigenvalue weighted by Crippen LogP contribution is -3.14. The lowest BCUT2D eigenvalue weighted by molar-refractivity contribution is -0.898. The van der Waals surface area contributed by atoms with E-state index in [4.69, 9.17) is 0 Å². The first kappa shape index (κ1) is 15.3. The summed E-state index contributed by atoms with van der Waals surface area (Å²) in [4.78, 5) is 14.1. The minimum absolute atomic E-state index is 0.00944. The maximum atomic E-state index is 12.6. The van der Waals surface area contributed by atoms with E-state index in [0.29, 0.717) is 12.5 Å². The zero-order valence-electron chi connectivity index (χ0n) is 14.3. The van der Waals surface area contributed by atoms with Crippen LogP contribution in [0, 0.1) is 23.2 Å². The fraction of sp³-hybridized carbons (Fsp3) is 0.944. The van der Waals surface area contributed by atoms with Gasteiger partial charge in [0.05, 0.1) is 13.1 Å². The molecule has 0 aromatic heterocycles. The summed E-state index contributed by atoms with van der Waals surface area (Å²) in [7, 11) is 0. The van der Waals surface area contributed by atoms with Gasteiger partial charge in [-0.2, -0.15) is 0 Å². The number of hydrogen-bond donors (Lipinski definition) is 2. The van der Waals surface area contributed by atoms with Gasteiger partial charge < -0.3 is 10.2 Å². The number of fused-ring (bicyclic) bond motifs is 2. The number of hydrogen-bond acceptors (Lipinski definition) is 1. The molecule has 1 aliphatic heterocycles. The Kier molecular flexibility index (Phi) is 3.84. The molecule has 120 valence electrons. The summed E-state index contributed by atoms with van der Waals surface area (Å²) in [5.74, 6) is 2.62. The zero-order chi connectivity index (χ0) is 15.3. The van der Waals surface area contributed by atoms with Gasteiger partial charge in [-0.25, -0.2) is 0 Å². The fourth-order valence-electron chi connectivity index (χ4n) is 5.28. The van der Waals surface area contributed by atoms with E-state index in [-0.39, 0.29) is 16.9 Å². The van der Waals surface area contributed by atoms with Crippen LogP contribution < -0.4 is 10.2 Å². The highest BCUT2D eigenvalue weighted by atomic mass is 16.2. The monoisotopic (exact) mass is 293 g/mol. The topological polar surface area (TPSA) is 33.5 Å². The standard InChI is InChI=1S/C18H32N2O/c1-13-7-9-20(10-8-13)12-16(21)19-18(4)15-6-5-14(11-15)17(18,2)3/h13-15H,5-12H2,1-4H3,(H,19,21)/p+1/t14-,15+,18+/m1/s1. The summed E-state index contributed by atoms with van der Waals surface area (Å²) < 4.78 is 0. The minimum atomic E-state index is 0.00944. The number of likely N-dealkylation sites (tertiary alicyclic amines) is 1. The third-order valence-corrected chi connectivity index (χ3v) is 7.40. The highest BCUT2D eigenvalue weighted by Gasteiger charge is 2.60. The van der Waals surface area contributed by atoms with E-state index in [0.717, 1.165) is 11.8 Å². The molecule has 0 spiro atoms. The van der Waals surface area contributed by atoms with Gasteiger partial charge in [0.2, 0.25) is 0 Å². The molecule has 2 aliphatic carbocycles. The van der Waals surface area contributed by atoms with Crippen LogP contribution in [0.25, 0.3) is 0 Å². The SMILES string of the molecule is CC1CC[NH+](CC(=O)N[C@@]2(C)[C@H]3CC[C@H](C3)C2(C)C)CC1. The Hall–Kier alpha value is -0.570. The molecule has 1 heterocycles. The smallest absolute Gasteiger partial charge is 0.275 e. The molecule has 3 rings (SSSR count). The molecule has 0 unspecified atom stereocenters. The molecule has 2 bridgehead atoms. The number of amides is 1. The van der Waals surface area contributed by atoms with Crippen molar-refractivity contribution in [3.8, 4) is 0 Å². The summed E-state index contributed by atoms with van der Waals surface area (Å²) >= 11 is 0. The Morgan fingerprint density at radius 3 is 2.29 bits per heavy atom. The second-order valence-electron chi connectivity index (χ2n) is 8.79. The third-order valence-electron chi connectivity index (χ3n) is 7.40. The van der Waals surface area contributed by atoms with E-state index in [1.807, 2.05) is 0 Å². The second-order valence-corrected chi connectivity index (χ2v) is 8.79. The quantitative estimate of drug-likeness (QED) is 0.815. The van der Waals surface area contributed by atoms with Crippen LogP contribution in [-0.4, -0.2) is 31.1 Å². The van der Waals surface area contributed by atoms with Crippen molar-refractivity contribution < 1.29 is 9.69 Å². The molecule has 0 aromatic rings. The van der Waals surface area contributed by atoms with E-state index in [2.05, 4.69) is 33.0 Å². The third kappa shape index (κ3) is 2.52. The van der Waals surface area contributed by atoms with Crippen molar-refractivity contribution in [1.29, 1.82) is 0 Å². The normalized spacial score (nSPS) is 44.8. The molecular weight excluding hydrogens is 260 g/mol. The van der Waals surface area contributed by atoms with Gasteiger partial charge in [0, 0.05) is 5.54 Å². The minimum Gasteiger partial charge on any atom is -0.345 e. The number of piperidine rings is 1. The zero-order valence-corrected chi connectivity index (χ0v) is 14.3. The first-order chi connectivity index (χ1) is 9.83. The van der Waals surface area contributed by atoms with Crippen LogP contribution in [0.4, 0.5) is 0 Å². The molecule has 3 atom stereocenters. The Morgan fingerprint density at radius 1 is 1.10 bits per heavy atom.